The van der Waals surface area contributed by atoms with E-state index in [4.69, 9.17) is 9.57 Å². The maximum absolute atomic E-state index is 12.5. The second kappa shape index (κ2) is 12.6. The molecule has 0 unspecified atom stereocenters. The molecule has 0 fully saturated rings. The van der Waals surface area contributed by atoms with Crippen LogP contribution in [-0.4, -0.2) is 41.3 Å². The first-order valence-corrected chi connectivity index (χ1v) is 9.33. The number of hydrogen-bond donors (Lipinski definition) is 2. The number of rotatable bonds is 12. The molecule has 0 aromatic heterocycles. The number of benzene rings is 1. The highest BCUT2D eigenvalue weighted by Gasteiger charge is 2.27. The predicted octanol–water partition coefficient (Wildman–Crippen LogP) is 1.73. The van der Waals surface area contributed by atoms with Gasteiger partial charge in [0.2, 0.25) is 5.91 Å². The standard InChI is InChI=1S/C17H21N3O7S/c1-3-4-9-26-19-16(15(10-21)28-11-18-12(2)22)17(23)27-14-7-5-13(6-8-14)20(24)25/h5-8,16,19H,3-4,9,11H2,1-2H3,(H,18,22)/t16-/m0/s1. The smallest absolute Gasteiger partial charge is 0.336 e. The van der Waals surface area contributed by atoms with Gasteiger partial charge in [-0.1, -0.05) is 25.1 Å². The van der Waals surface area contributed by atoms with Crippen molar-refractivity contribution in [2.45, 2.75) is 32.7 Å². The average Bonchev–Trinajstić information content (AvgIpc) is 2.66. The zero-order valence-electron chi connectivity index (χ0n) is 15.4. The molecule has 0 aliphatic heterocycles. The van der Waals surface area contributed by atoms with Gasteiger partial charge < -0.3 is 14.9 Å². The van der Waals surface area contributed by atoms with Gasteiger partial charge >= 0.3 is 5.97 Å². The van der Waals surface area contributed by atoms with E-state index in [1.165, 1.54) is 31.2 Å². The molecule has 0 saturated carbocycles. The Morgan fingerprint density at radius 3 is 2.54 bits per heavy atom. The normalized spacial score (nSPS) is 11.2. The van der Waals surface area contributed by atoms with Crippen LogP contribution in [-0.2, 0) is 19.2 Å². The lowest BCUT2D eigenvalue weighted by atomic mass is 10.3. The summed E-state index contributed by atoms with van der Waals surface area (Å²) in [6.45, 7) is 3.58. The molecule has 10 nitrogen and oxygen atoms in total. The Morgan fingerprint density at radius 2 is 2.00 bits per heavy atom. The molecule has 0 saturated heterocycles. The van der Waals surface area contributed by atoms with Crippen LogP contribution in [0.25, 0.3) is 0 Å². The van der Waals surface area contributed by atoms with Crippen molar-refractivity contribution in [3.05, 3.63) is 39.3 Å². The van der Waals surface area contributed by atoms with Crippen LogP contribution in [0.5, 0.6) is 5.75 Å². The van der Waals surface area contributed by atoms with E-state index in [9.17, 15) is 24.5 Å². The van der Waals surface area contributed by atoms with Gasteiger partial charge in [0.15, 0.2) is 6.04 Å². The molecular formula is C17H21N3O7S. The first kappa shape index (κ1) is 23.3. The second-order valence-corrected chi connectivity index (χ2v) is 6.43. The van der Waals surface area contributed by atoms with Crippen molar-refractivity contribution in [2.24, 2.45) is 0 Å². The summed E-state index contributed by atoms with van der Waals surface area (Å²) in [5, 5.41) is 13.2. The molecule has 1 aromatic rings. The topological polar surface area (TPSA) is 137 Å². The van der Waals surface area contributed by atoms with Gasteiger partial charge in [0.25, 0.3) is 5.69 Å². The number of carbonyl (C=O) groups is 2. The molecule has 1 amide bonds. The number of nitro benzene ring substituents is 1. The zero-order chi connectivity index (χ0) is 20.9. The molecule has 0 bridgehead atoms. The van der Waals surface area contributed by atoms with E-state index in [1.54, 1.807) is 5.94 Å². The molecule has 1 atom stereocenters. The number of amides is 1. The Bertz CT molecular complexity index is 733. The molecule has 0 spiro atoms. The summed E-state index contributed by atoms with van der Waals surface area (Å²) < 4.78 is 5.17. The maximum atomic E-state index is 12.5. The van der Waals surface area contributed by atoms with Gasteiger partial charge in [-0.15, -0.1) is 0 Å². The van der Waals surface area contributed by atoms with Crippen molar-refractivity contribution >= 4 is 35.3 Å². The first-order chi connectivity index (χ1) is 13.4. The quantitative estimate of drug-likeness (QED) is 0.100. The van der Waals surface area contributed by atoms with Crippen LogP contribution in [0.3, 0.4) is 0 Å². The van der Waals surface area contributed by atoms with E-state index >= 15 is 0 Å². The fourth-order valence-electron chi connectivity index (χ4n) is 1.77. The largest absolute Gasteiger partial charge is 0.425 e. The first-order valence-electron chi connectivity index (χ1n) is 8.34. The molecular weight excluding hydrogens is 390 g/mol. The minimum Gasteiger partial charge on any atom is -0.425 e. The van der Waals surface area contributed by atoms with Gasteiger partial charge in [0.05, 0.1) is 17.4 Å². The minimum absolute atomic E-state index is 0.0534. The van der Waals surface area contributed by atoms with Crippen LogP contribution in [0, 0.1) is 10.1 Å². The van der Waals surface area contributed by atoms with Crippen LogP contribution in [0.2, 0.25) is 0 Å². The fourth-order valence-corrected chi connectivity index (χ4v) is 2.57. The summed E-state index contributed by atoms with van der Waals surface area (Å²) in [7, 11) is 0. The molecule has 11 heteroatoms. The molecule has 1 rings (SSSR count). The van der Waals surface area contributed by atoms with Crippen LogP contribution in [0.4, 0.5) is 5.69 Å². The Morgan fingerprint density at radius 1 is 1.32 bits per heavy atom. The minimum atomic E-state index is -1.27. The zero-order valence-corrected chi connectivity index (χ0v) is 16.2. The van der Waals surface area contributed by atoms with E-state index in [2.05, 4.69) is 10.8 Å². The van der Waals surface area contributed by atoms with Crippen LogP contribution in [0.15, 0.2) is 29.2 Å². The van der Waals surface area contributed by atoms with Crippen molar-refractivity contribution in [2.75, 3.05) is 12.5 Å². The molecule has 152 valence electrons. The van der Waals surface area contributed by atoms with E-state index in [0.717, 1.165) is 24.6 Å². The number of nitro groups is 1. The van der Waals surface area contributed by atoms with Crippen molar-refractivity contribution < 1.29 is 28.9 Å². The highest BCUT2D eigenvalue weighted by Crippen LogP contribution is 2.21. The number of nitrogens with one attached hydrogen (secondary N) is 2. The monoisotopic (exact) mass is 411 g/mol. The molecule has 28 heavy (non-hydrogen) atoms. The van der Waals surface area contributed by atoms with Crippen molar-refractivity contribution in [3.63, 3.8) is 0 Å². The number of thioether (sulfide) groups is 1. The van der Waals surface area contributed by atoms with Gasteiger partial charge in [-0.25, -0.2) is 9.59 Å². The number of nitrogens with zero attached hydrogens (tertiary/aromatic N) is 1. The number of ether oxygens (including phenoxy) is 1. The molecule has 0 aliphatic carbocycles. The second-order valence-electron chi connectivity index (χ2n) is 5.41. The molecule has 2 N–H and O–H groups in total. The van der Waals surface area contributed by atoms with Crippen LogP contribution in [0.1, 0.15) is 26.7 Å². The average molecular weight is 411 g/mol. The van der Waals surface area contributed by atoms with Gasteiger partial charge in [0.1, 0.15) is 16.6 Å². The van der Waals surface area contributed by atoms with Gasteiger partial charge in [-0.05, 0) is 18.6 Å². The van der Waals surface area contributed by atoms with E-state index < -0.39 is 16.9 Å². The number of carbonyl (C=O) groups excluding carboxylic acids is 3. The van der Waals surface area contributed by atoms with Gasteiger partial charge in [-0.2, -0.15) is 5.48 Å². The van der Waals surface area contributed by atoms with Gasteiger partial charge in [0, 0.05) is 19.1 Å². The van der Waals surface area contributed by atoms with Crippen LogP contribution < -0.4 is 15.5 Å². The Hall–Kier alpha value is -2.72. The third kappa shape index (κ3) is 8.31. The summed E-state index contributed by atoms with van der Waals surface area (Å²) in [4.78, 5) is 50.0. The highest BCUT2D eigenvalue weighted by molar-refractivity contribution is 8.03. The Labute approximate surface area is 165 Å². The fraction of sp³-hybridized carbons (Fsp3) is 0.412. The number of hydroxylamine groups is 1. The number of hydrogen-bond acceptors (Lipinski definition) is 9. The molecule has 1 aromatic carbocycles. The Kier molecular flexibility index (Phi) is 10.5. The number of esters is 1. The van der Waals surface area contributed by atoms with Crippen molar-refractivity contribution in [1.82, 2.24) is 10.8 Å². The third-order valence-electron chi connectivity index (χ3n) is 3.21. The van der Waals surface area contributed by atoms with Crippen LogP contribution >= 0.6 is 11.8 Å². The van der Waals surface area contributed by atoms with Gasteiger partial charge in [-0.3, -0.25) is 14.9 Å². The maximum Gasteiger partial charge on any atom is 0.336 e. The van der Waals surface area contributed by atoms with E-state index in [-0.39, 0.29) is 28.1 Å². The lowest BCUT2D eigenvalue weighted by Crippen LogP contribution is -2.41. The lowest BCUT2D eigenvalue weighted by molar-refractivity contribution is -0.384. The van der Waals surface area contributed by atoms with Crippen molar-refractivity contribution in [3.8, 4) is 5.75 Å². The third-order valence-corrected chi connectivity index (χ3v) is 4.13. The summed E-state index contributed by atoms with van der Waals surface area (Å²) in [6.07, 6.45) is 1.60. The molecule has 0 heterocycles. The number of non-ortho nitro benzene ring substituents is 1. The molecule has 0 aliphatic rings. The Balaban J connectivity index is 2.85. The summed E-state index contributed by atoms with van der Waals surface area (Å²) in [5.74, 6) is 0.611. The summed E-state index contributed by atoms with van der Waals surface area (Å²) in [5.41, 5.74) is 2.32. The summed E-state index contributed by atoms with van der Waals surface area (Å²) in [6, 6.07) is 3.62. The highest BCUT2D eigenvalue weighted by atomic mass is 32.2. The lowest BCUT2D eigenvalue weighted by Gasteiger charge is -2.17. The van der Waals surface area contributed by atoms with E-state index in [0.29, 0.717) is 6.61 Å². The SMILES string of the molecule is CCCCON[C@H](C(=O)Oc1ccc([N+](=O)[O-])cc1)C(=C=O)SCNC(C)=O. The van der Waals surface area contributed by atoms with Crippen molar-refractivity contribution in [1.29, 1.82) is 0 Å². The predicted molar refractivity (Wildman–Crippen MR) is 102 cm³/mol. The molecule has 0 radical (unpaired) electrons. The summed E-state index contributed by atoms with van der Waals surface area (Å²) >= 11 is 0.895. The van der Waals surface area contributed by atoms with E-state index in [1.807, 2.05) is 6.92 Å². The number of unbranched alkanes of at least 4 members (excludes halogenated alkanes) is 1.